The van der Waals surface area contributed by atoms with Crippen molar-refractivity contribution in [3.63, 3.8) is 0 Å². The normalized spacial score (nSPS) is 38.2. The molecule has 1 saturated carbocycles. The highest BCUT2D eigenvalue weighted by molar-refractivity contribution is 5.90. The minimum atomic E-state index is -0.165. The molecule has 0 aromatic carbocycles. The van der Waals surface area contributed by atoms with Gasteiger partial charge in [-0.05, 0) is 50.4 Å². The van der Waals surface area contributed by atoms with Crippen molar-refractivity contribution in [3.05, 3.63) is 0 Å². The first-order valence-electron chi connectivity index (χ1n) is 8.66. The number of carbonyl (C=O) groups excluding carboxylic acids is 2. The molecular formula is C17H28N2O2. The molecule has 0 bridgehead atoms. The van der Waals surface area contributed by atoms with Gasteiger partial charge in [-0.2, -0.15) is 0 Å². The maximum absolute atomic E-state index is 13.0. The van der Waals surface area contributed by atoms with Gasteiger partial charge in [0, 0.05) is 25.6 Å². The molecule has 3 rings (SSSR count). The number of fused-ring (bicyclic) bond motifs is 1. The van der Waals surface area contributed by atoms with Crippen molar-refractivity contribution >= 4 is 11.8 Å². The Morgan fingerprint density at radius 3 is 2.33 bits per heavy atom. The van der Waals surface area contributed by atoms with Gasteiger partial charge in [-0.15, -0.1) is 0 Å². The number of piperidine rings is 1. The van der Waals surface area contributed by atoms with E-state index in [4.69, 9.17) is 0 Å². The molecule has 0 aromatic rings. The molecule has 3 unspecified atom stereocenters. The molecule has 0 spiro atoms. The molecule has 4 heteroatoms. The minimum absolute atomic E-state index is 0.165. The Balaban J connectivity index is 1.79. The molecule has 21 heavy (non-hydrogen) atoms. The first-order valence-corrected chi connectivity index (χ1v) is 8.66. The van der Waals surface area contributed by atoms with Crippen LogP contribution >= 0.6 is 0 Å². The summed E-state index contributed by atoms with van der Waals surface area (Å²) in [4.78, 5) is 29.2. The Kier molecular flexibility index (Phi) is 4.23. The molecule has 1 aliphatic carbocycles. The van der Waals surface area contributed by atoms with Crippen LogP contribution in [0.4, 0.5) is 0 Å². The van der Waals surface area contributed by atoms with Crippen LogP contribution in [0.3, 0.4) is 0 Å². The van der Waals surface area contributed by atoms with Crippen LogP contribution in [0.15, 0.2) is 0 Å². The smallest absolute Gasteiger partial charge is 0.245 e. The van der Waals surface area contributed by atoms with E-state index in [1.807, 2.05) is 4.90 Å². The van der Waals surface area contributed by atoms with Crippen molar-refractivity contribution in [3.8, 4) is 0 Å². The van der Waals surface area contributed by atoms with Crippen LogP contribution in [-0.4, -0.2) is 46.8 Å². The minimum Gasteiger partial charge on any atom is -0.337 e. The number of rotatable bonds is 1. The third kappa shape index (κ3) is 2.95. The summed E-state index contributed by atoms with van der Waals surface area (Å²) in [6, 6.07) is 0.187. The van der Waals surface area contributed by atoms with Gasteiger partial charge in [0.2, 0.25) is 11.8 Å². The van der Waals surface area contributed by atoms with Crippen molar-refractivity contribution in [2.24, 2.45) is 11.8 Å². The van der Waals surface area contributed by atoms with Gasteiger partial charge in [-0.3, -0.25) is 9.59 Å². The third-order valence-corrected chi connectivity index (χ3v) is 5.55. The van der Waals surface area contributed by atoms with Crippen LogP contribution in [0.25, 0.3) is 0 Å². The summed E-state index contributed by atoms with van der Waals surface area (Å²) in [5, 5.41) is 0. The highest BCUT2D eigenvalue weighted by atomic mass is 16.2. The van der Waals surface area contributed by atoms with E-state index in [1.165, 1.54) is 6.42 Å². The number of amides is 2. The zero-order valence-electron chi connectivity index (χ0n) is 13.4. The lowest BCUT2D eigenvalue weighted by molar-refractivity contribution is -0.145. The zero-order valence-corrected chi connectivity index (χ0v) is 13.4. The van der Waals surface area contributed by atoms with Gasteiger partial charge < -0.3 is 9.80 Å². The number of hydrogen-bond acceptors (Lipinski definition) is 2. The van der Waals surface area contributed by atoms with Gasteiger partial charge in [0.15, 0.2) is 0 Å². The molecular weight excluding hydrogens is 264 g/mol. The molecule has 2 amide bonds. The SMILES string of the molecule is CC1CC(C)CC(N2CCC(=O)N3CCCCC3C2=O)C1. The molecule has 4 nitrogen and oxygen atoms in total. The van der Waals surface area contributed by atoms with Gasteiger partial charge in [-0.1, -0.05) is 13.8 Å². The van der Waals surface area contributed by atoms with Gasteiger partial charge in [0.25, 0.3) is 0 Å². The quantitative estimate of drug-likeness (QED) is 0.745. The van der Waals surface area contributed by atoms with Crippen molar-refractivity contribution in [1.29, 1.82) is 0 Å². The fraction of sp³-hybridized carbons (Fsp3) is 0.882. The predicted octanol–water partition coefficient (Wildman–Crippen LogP) is 2.42. The van der Waals surface area contributed by atoms with Gasteiger partial charge in [-0.25, -0.2) is 0 Å². The summed E-state index contributed by atoms with van der Waals surface area (Å²) in [5.74, 6) is 1.79. The maximum Gasteiger partial charge on any atom is 0.245 e. The molecule has 0 aromatic heterocycles. The highest BCUT2D eigenvalue weighted by Gasteiger charge is 2.41. The van der Waals surface area contributed by atoms with Crippen molar-refractivity contribution < 1.29 is 9.59 Å². The Hall–Kier alpha value is -1.06. The van der Waals surface area contributed by atoms with Gasteiger partial charge >= 0.3 is 0 Å². The van der Waals surface area contributed by atoms with E-state index in [1.54, 1.807) is 0 Å². The summed E-state index contributed by atoms with van der Waals surface area (Å²) in [6.45, 7) is 6.00. The van der Waals surface area contributed by atoms with E-state index in [-0.39, 0.29) is 17.9 Å². The van der Waals surface area contributed by atoms with Crippen LogP contribution in [0, 0.1) is 11.8 Å². The van der Waals surface area contributed by atoms with Crippen LogP contribution in [0.5, 0.6) is 0 Å². The first kappa shape index (κ1) is 14.9. The van der Waals surface area contributed by atoms with E-state index in [9.17, 15) is 9.59 Å². The Morgan fingerprint density at radius 1 is 0.905 bits per heavy atom. The summed E-state index contributed by atoms with van der Waals surface area (Å²) in [6.07, 6.45) is 6.99. The van der Waals surface area contributed by atoms with Crippen LogP contribution in [0.1, 0.15) is 58.8 Å². The monoisotopic (exact) mass is 292 g/mol. The summed E-state index contributed by atoms with van der Waals surface area (Å²) in [5.41, 5.74) is 0. The molecule has 0 N–H and O–H groups in total. The molecule has 3 aliphatic rings. The lowest BCUT2D eigenvalue weighted by Gasteiger charge is -2.41. The fourth-order valence-electron chi connectivity index (χ4n) is 4.67. The first-order chi connectivity index (χ1) is 10.1. The van der Waals surface area contributed by atoms with E-state index < -0.39 is 0 Å². The molecule has 118 valence electrons. The Morgan fingerprint density at radius 2 is 1.62 bits per heavy atom. The molecule has 2 saturated heterocycles. The Labute approximate surface area is 127 Å². The van der Waals surface area contributed by atoms with Gasteiger partial charge in [0.05, 0.1) is 0 Å². The van der Waals surface area contributed by atoms with Crippen LogP contribution in [0.2, 0.25) is 0 Å². The maximum atomic E-state index is 13.0. The topological polar surface area (TPSA) is 40.6 Å². The van der Waals surface area contributed by atoms with E-state index >= 15 is 0 Å². The average Bonchev–Trinajstić information content (AvgIpc) is 2.57. The number of nitrogens with zero attached hydrogens (tertiary/aromatic N) is 2. The molecule has 3 atom stereocenters. The second kappa shape index (κ2) is 5.98. The second-order valence-electron chi connectivity index (χ2n) is 7.45. The van der Waals surface area contributed by atoms with E-state index in [0.717, 1.165) is 38.6 Å². The standard InChI is InChI=1S/C17H28N2O2/c1-12-9-13(2)11-14(10-12)18-8-6-16(20)19-7-4-3-5-15(19)17(18)21/h12-15H,3-11H2,1-2H3. The number of carbonyl (C=O) groups is 2. The lowest BCUT2D eigenvalue weighted by atomic mass is 9.79. The third-order valence-electron chi connectivity index (χ3n) is 5.55. The van der Waals surface area contributed by atoms with Crippen LogP contribution < -0.4 is 0 Å². The van der Waals surface area contributed by atoms with Crippen molar-refractivity contribution in [2.45, 2.75) is 70.9 Å². The average molecular weight is 292 g/mol. The summed E-state index contributed by atoms with van der Waals surface area (Å²) < 4.78 is 0. The second-order valence-corrected chi connectivity index (χ2v) is 7.45. The van der Waals surface area contributed by atoms with E-state index in [2.05, 4.69) is 18.7 Å². The summed E-state index contributed by atoms with van der Waals surface area (Å²) in [7, 11) is 0. The predicted molar refractivity (Wildman–Crippen MR) is 81.6 cm³/mol. The Bertz CT molecular complexity index is 413. The fourth-order valence-corrected chi connectivity index (χ4v) is 4.67. The molecule has 0 radical (unpaired) electrons. The summed E-state index contributed by atoms with van der Waals surface area (Å²) >= 11 is 0. The highest BCUT2D eigenvalue weighted by Crippen LogP contribution is 2.34. The molecule has 2 aliphatic heterocycles. The lowest BCUT2D eigenvalue weighted by Crippen LogP contribution is -2.52. The zero-order chi connectivity index (χ0) is 15.0. The molecule has 3 fully saturated rings. The largest absolute Gasteiger partial charge is 0.337 e. The van der Waals surface area contributed by atoms with E-state index in [0.29, 0.717) is 30.8 Å². The van der Waals surface area contributed by atoms with Crippen molar-refractivity contribution in [2.75, 3.05) is 13.1 Å². The van der Waals surface area contributed by atoms with Crippen molar-refractivity contribution in [1.82, 2.24) is 9.80 Å². The molecule has 2 heterocycles. The van der Waals surface area contributed by atoms with Crippen LogP contribution in [-0.2, 0) is 9.59 Å². The number of hydrogen-bond donors (Lipinski definition) is 0. The van der Waals surface area contributed by atoms with Gasteiger partial charge in [0.1, 0.15) is 6.04 Å².